The number of likely N-dealkylation sites (N-methyl/N-ethyl adjacent to an activating group) is 1. The average Bonchev–Trinajstić information content (AvgIpc) is 2.66. The van der Waals surface area contributed by atoms with E-state index in [2.05, 4.69) is 32.1 Å². The highest BCUT2D eigenvalue weighted by molar-refractivity contribution is 6.30. The van der Waals surface area contributed by atoms with E-state index in [4.69, 9.17) is 21.1 Å². The van der Waals surface area contributed by atoms with Crippen LogP contribution < -0.4 is 14.8 Å². The highest BCUT2D eigenvalue weighted by Gasteiger charge is 2.13. The second kappa shape index (κ2) is 9.02. The van der Waals surface area contributed by atoms with Crippen molar-refractivity contribution in [3.05, 3.63) is 35.6 Å². The molecule has 1 aliphatic rings. The van der Waals surface area contributed by atoms with E-state index in [1.54, 1.807) is 19.5 Å². The Morgan fingerprint density at radius 1 is 1.15 bits per heavy atom. The van der Waals surface area contributed by atoms with Crippen LogP contribution in [0.15, 0.2) is 30.6 Å². The Balaban J connectivity index is 1.55. The molecule has 1 aromatic heterocycles. The van der Waals surface area contributed by atoms with E-state index in [1.807, 2.05) is 18.2 Å². The van der Waals surface area contributed by atoms with E-state index < -0.39 is 0 Å². The Labute approximate surface area is 158 Å². The molecule has 7 nitrogen and oxygen atoms in total. The third kappa shape index (κ3) is 5.20. The summed E-state index contributed by atoms with van der Waals surface area (Å²) in [5.74, 6) is 1.90. The number of hydrogen-bond acceptors (Lipinski definition) is 7. The number of anilines is 2. The third-order valence-corrected chi connectivity index (χ3v) is 4.51. The molecule has 0 atom stereocenters. The van der Waals surface area contributed by atoms with Crippen molar-refractivity contribution in [2.75, 3.05) is 58.8 Å². The number of hydrogen-bond donors (Lipinski definition) is 1. The summed E-state index contributed by atoms with van der Waals surface area (Å²) in [4.78, 5) is 13.0. The molecule has 0 spiro atoms. The maximum Gasteiger partial charge on any atom is 0.227 e. The number of aromatic nitrogens is 2. The lowest BCUT2D eigenvalue weighted by Crippen LogP contribution is -2.45. The minimum atomic E-state index is 0.455. The van der Waals surface area contributed by atoms with Crippen molar-refractivity contribution >= 4 is 23.2 Å². The van der Waals surface area contributed by atoms with Crippen LogP contribution in [0.4, 0.5) is 11.6 Å². The molecule has 0 radical (unpaired) electrons. The predicted molar refractivity (Wildman–Crippen MR) is 103 cm³/mol. The Bertz CT molecular complexity index is 705. The molecule has 0 amide bonds. The summed E-state index contributed by atoms with van der Waals surface area (Å²) in [6, 6.07) is 5.66. The lowest BCUT2D eigenvalue weighted by atomic mass is 10.2. The molecule has 2 heterocycles. The van der Waals surface area contributed by atoms with Crippen molar-refractivity contribution in [2.24, 2.45) is 0 Å². The summed E-state index contributed by atoms with van der Waals surface area (Å²) in [6.07, 6.45) is 3.08. The molecule has 0 saturated carbocycles. The zero-order chi connectivity index (χ0) is 18.4. The molecule has 1 fully saturated rings. The van der Waals surface area contributed by atoms with Crippen LogP contribution in [0.3, 0.4) is 0 Å². The smallest absolute Gasteiger partial charge is 0.227 e. The van der Waals surface area contributed by atoms with Crippen molar-refractivity contribution in [1.82, 2.24) is 19.8 Å². The molecule has 140 valence electrons. The standard InChI is InChI=1S/C18H24ClN5O2/c1-23-5-7-24(8-6-23)9-10-26-15-3-4-16(17(11-15)25-2)22-18-20-12-14(19)13-21-18/h3-4,11-13H,5-10H2,1-2H3,(H,20,21,22). The number of methoxy groups -OCH3 is 1. The highest BCUT2D eigenvalue weighted by atomic mass is 35.5. The van der Waals surface area contributed by atoms with E-state index in [0.717, 1.165) is 44.2 Å². The van der Waals surface area contributed by atoms with Crippen LogP contribution in [-0.4, -0.2) is 73.3 Å². The van der Waals surface area contributed by atoms with Gasteiger partial charge in [0.25, 0.3) is 0 Å². The summed E-state index contributed by atoms with van der Waals surface area (Å²) < 4.78 is 11.3. The van der Waals surface area contributed by atoms with E-state index in [9.17, 15) is 0 Å². The second-order valence-electron chi connectivity index (χ2n) is 6.21. The van der Waals surface area contributed by atoms with Gasteiger partial charge in [-0.05, 0) is 19.2 Å². The Morgan fingerprint density at radius 3 is 2.58 bits per heavy atom. The van der Waals surface area contributed by atoms with Gasteiger partial charge in [-0.25, -0.2) is 9.97 Å². The van der Waals surface area contributed by atoms with Crippen LogP contribution in [0.25, 0.3) is 0 Å². The van der Waals surface area contributed by atoms with Crippen LogP contribution in [0.2, 0.25) is 5.02 Å². The van der Waals surface area contributed by atoms with Gasteiger partial charge in [-0.15, -0.1) is 0 Å². The minimum Gasteiger partial charge on any atom is -0.494 e. The number of nitrogens with one attached hydrogen (secondary N) is 1. The molecule has 1 N–H and O–H groups in total. The van der Waals surface area contributed by atoms with Gasteiger partial charge in [-0.1, -0.05) is 11.6 Å². The summed E-state index contributed by atoms with van der Waals surface area (Å²) in [5, 5.41) is 3.61. The maximum absolute atomic E-state index is 5.89. The van der Waals surface area contributed by atoms with Crippen LogP contribution in [0.1, 0.15) is 0 Å². The monoisotopic (exact) mass is 377 g/mol. The molecule has 1 aliphatic heterocycles. The number of ether oxygens (including phenoxy) is 2. The second-order valence-corrected chi connectivity index (χ2v) is 6.64. The van der Waals surface area contributed by atoms with Crippen molar-refractivity contribution in [3.8, 4) is 11.5 Å². The first kappa shape index (κ1) is 18.7. The van der Waals surface area contributed by atoms with Crippen molar-refractivity contribution < 1.29 is 9.47 Å². The van der Waals surface area contributed by atoms with E-state index >= 15 is 0 Å². The molecule has 26 heavy (non-hydrogen) atoms. The highest BCUT2D eigenvalue weighted by Crippen LogP contribution is 2.30. The molecule has 3 rings (SSSR count). The first-order valence-electron chi connectivity index (χ1n) is 8.60. The molecule has 1 aromatic carbocycles. The minimum absolute atomic E-state index is 0.455. The average molecular weight is 378 g/mol. The predicted octanol–water partition coefficient (Wildman–Crippen LogP) is 2.51. The fraction of sp³-hybridized carbons (Fsp3) is 0.444. The molecule has 0 unspecified atom stereocenters. The van der Waals surface area contributed by atoms with Crippen LogP contribution in [0, 0.1) is 0 Å². The van der Waals surface area contributed by atoms with Gasteiger partial charge in [-0.2, -0.15) is 0 Å². The molecule has 0 aliphatic carbocycles. The van der Waals surface area contributed by atoms with Gasteiger partial charge in [0.15, 0.2) is 0 Å². The van der Waals surface area contributed by atoms with Gasteiger partial charge in [0, 0.05) is 38.8 Å². The molecular weight excluding hydrogens is 354 g/mol. The molecule has 1 saturated heterocycles. The maximum atomic E-state index is 5.89. The van der Waals surface area contributed by atoms with Gasteiger partial charge in [0.05, 0.1) is 30.2 Å². The molecule has 8 heteroatoms. The number of halogens is 1. The van der Waals surface area contributed by atoms with Crippen molar-refractivity contribution in [3.63, 3.8) is 0 Å². The fourth-order valence-electron chi connectivity index (χ4n) is 2.73. The van der Waals surface area contributed by atoms with E-state index in [-0.39, 0.29) is 0 Å². The summed E-state index contributed by atoms with van der Waals surface area (Å²) in [7, 11) is 3.78. The van der Waals surface area contributed by atoms with Crippen LogP contribution in [-0.2, 0) is 0 Å². The van der Waals surface area contributed by atoms with Gasteiger partial charge >= 0.3 is 0 Å². The van der Waals surface area contributed by atoms with Gasteiger partial charge in [0.2, 0.25) is 5.95 Å². The largest absolute Gasteiger partial charge is 0.494 e. The normalized spacial score (nSPS) is 15.7. The number of nitrogens with zero attached hydrogens (tertiary/aromatic N) is 4. The van der Waals surface area contributed by atoms with Crippen molar-refractivity contribution in [1.29, 1.82) is 0 Å². The lowest BCUT2D eigenvalue weighted by Gasteiger charge is -2.32. The summed E-state index contributed by atoms with van der Waals surface area (Å²) in [5.41, 5.74) is 0.765. The van der Waals surface area contributed by atoms with Gasteiger partial charge in [0.1, 0.15) is 18.1 Å². The lowest BCUT2D eigenvalue weighted by molar-refractivity contribution is 0.133. The van der Waals surface area contributed by atoms with Gasteiger partial charge < -0.3 is 19.7 Å². The first-order valence-corrected chi connectivity index (χ1v) is 8.98. The van der Waals surface area contributed by atoms with Crippen LogP contribution >= 0.6 is 11.6 Å². The number of rotatable bonds is 7. The molecule has 2 aromatic rings. The SMILES string of the molecule is COc1cc(OCCN2CCN(C)CC2)ccc1Nc1ncc(Cl)cn1. The zero-order valence-electron chi connectivity index (χ0n) is 15.1. The van der Waals surface area contributed by atoms with Gasteiger partial charge in [-0.3, -0.25) is 4.90 Å². The molecular formula is C18H24ClN5O2. The first-order chi connectivity index (χ1) is 12.6. The van der Waals surface area contributed by atoms with Crippen molar-refractivity contribution in [2.45, 2.75) is 0 Å². The number of piperazine rings is 1. The topological polar surface area (TPSA) is 62.8 Å². The Kier molecular flexibility index (Phi) is 6.49. The summed E-state index contributed by atoms with van der Waals surface area (Å²) in [6.45, 7) is 5.98. The quantitative estimate of drug-likeness (QED) is 0.795. The van der Waals surface area contributed by atoms with E-state index in [0.29, 0.717) is 23.3 Å². The Morgan fingerprint density at radius 2 is 1.88 bits per heavy atom. The van der Waals surface area contributed by atoms with Crippen LogP contribution in [0.5, 0.6) is 11.5 Å². The third-order valence-electron chi connectivity index (χ3n) is 4.31. The zero-order valence-corrected chi connectivity index (χ0v) is 15.9. The molecule has 0 bridgehead atoms. The Hall–Kier alpha value is -2.09. The van der Waals surface area contributed by atoms with E-state index in [1.165, 1.54) is 0 Å². The number of benzene rings is 1. The fourth-order valence-corrected chi connectivity index (χ4v) is 2.82. The summed E-state index contributed by atoms with van der Waals surface area (Å²) >= 11 is 5.81.